The lowest BCUT2D eigenvalue weighted by molar-refractivity contribution is -0.154. The number of para-hydroxylation sites is 1. The number of piperidine rings is 1. The summed E-state index contributed by atoms with van der Waals surface area (Å²) in [6.07, 6.45) is -4.12. The van der Waals surface area contributed by atoms with Gasteiger partial charge in [0.2, 0.25) is 12.3 Å². The summed E-state index contributed by atoms with van der Waals surface area (Å²) in [5, 5.41) is 15.9. The third-order valence-electron chi connectivity index (χ3n) is 6.59. The maximum atomic E-state index is 14.2. The van der Waals surface area contributed by atoms with Crippen LogP contribution in [0, 0.1) is 5.41 Å². The van der Waals surface area contributed by atoms with E-state index in [9.17, 15) is 27.9 Å². The minimum absolute atomic E-state index is 0.00589. The van der Waals surface area contributed by atoms with Crippen LogP contribution in [0.4, 0.5) is 18.9 Å². The molecule has 0 bridgehead atoms. The number of anilines is 1. The number of halogens is 4. The van der Waals surface area contributed by atoms with Crippen molar-refractivity contribution in [2.45, 2.75) is 57.5 Å². The van der Waals surface area contributed by atoms with Gasteiger partial charge in [-0.3, -0.25) is 9.59 Å². The van der Waals surface area contributed by atoms with E-state index < -0.39 is 23.4 Å². The lowest BCUT2D eigenvalue weighted by Gasteiger charge is -2.45. The largest absolute Gasteiger partial charge is 0.508 e. The molecule has 3 atom stereocenters. The minimum atomic E-state index is -4.57. The van der Waals surface area contributed by atoms with Crippen molar-refractivity contribution in [3.8, 4) is 5.75 Å². The molecule has 1 saturated heterocycles. The molecule has 0 saturated carbocycles. The Morgan fingerprint density at radius 1 is 1.25 bits per heavy atom. The third kappa shape index (κ3) is 7.29. The highest BCUT2D eigenvalue weighted by Gasteiger charge is 2.48. The van der Waals surface area contributed by atoms with Gasteiger partial charge in [-0.1, -0.05) is 43.6 Å². The van der Waals surface area contributed by atoms with Crippen molar-refractivity contribution in [1.29, 1.82) is 0 Å². The van der Waals surface area contributed by atoms with Crippen LogP contribution in [-0.4, -0.2) is 36.7 Å². The van der Waals surface area contributed by atoms with Crippen molar-refractivity contribution < 1.29 is 27.9 Å². The molecule has 5 N–H and O–H groups in total. The number of nitrogens with two attached hydrogens (primary N) is 1. The van der Waals surface area contributed by atoms with Crippen LogP contribution < -0.4 is 16.4 Å². The second kappa shape index (κ2) is 12.9. The molecule has 2 amide bonds. The fraction of sp³-hybridized carbons (Fsp3) is 0.462. The number of phenols is 1. The molecule has 1 aliphatic heterocycles. The second-order valence-corrected chi connectivity index (χ2v) is 9.16. The lowest BCUT2D eigenvalue weighted by Crippen LogP contribution is -2.48. The number of amides is 2. The molecule has 1 fully saturated rings. The van der Waals surface area contributed by atoms with Gasteiger partial charge in [-0.25, -0.2) is 0 Å². The first-order valence-electron chi connectivity index (χ1n) is 11.9. The Hall–Kier alpha value is -2.94. The molecule has 0 aliphatic carbocycles. The summed E-state index contributed by atoms with van der Waals surface area (Å²) in [5.41, 5.74) is 5.45. The van der Waals surface area contributed by atoms with Crippen molar-refractivity contribution in [2.75, 3.05) is 18.8 Å². The van der Waals surface area contributed by atoms with Gasteiger partial charge in [-0.05, 0) is 60.1 Å². The zero-order valence-electron chi connectivity index (χ0n) is 20.4. The second-order valence-electron chi connectivity index (χ2n) is 8.73. The molecule has 0 spiro atoms. The molecule has 2 aromatic carbocycles. The van der Waals surface area contributed by atoms with Gasteiger partial charge in [-0.2, -0.15) is 13.2 Å². The number of aromatic hydroxyl groups is 1. The van der Waals surface area contributed by atoms with Gasteiger partial charge in [-0.15, -0.1) is 0 Å². The fourth-order valence-corrected chi connectivity index (χ4v) is 5.23. The number of carbonyl (C=O) groups excluding carboxylic acids is 2. The Kier molecular flexibility index (Phi) is 10.5. The van der Waals surface area contributed by atoms with Gasteiger partial charge in [0.15, 0.2) is 0 Å². The molecule has 1 aliphatic rings. The maximum absolute atomic E-state index is 14.2. The molecule has 3 unspecified atom stereocenters. The normalized spacial score (nSPS) is 20.5. The number of hydrogen-bond donors (Lipinski definition) is 4. The molecule has 3 rings (SSSR count). The highest BCUT2D eigenvalue weighted by atomic mass is 35.5. The van der Waals surface area contributed by atoms with E-state index in [1.807, 2.05) is 13.8 Å². The molecule has 10 heteroatoms. The van der Waals surface area contributed by atoms with Crippen LogP contribution in [0.2, 0.25) is 5.02 Å². The summed E-state index contributed by atoms with van der Waals surface area (Å²) in [7, 11) is 0. The molecule has 6 nitrogen and oxygen atoms in total. The minimum Gasteiger partial charge on any atom is -0.508 e. The molecule has 1 heterocycles. The van der Waals surface area contributed by atoms with E-state index in [1.165, 1.54) is 24.3 Å². The van der Waals surface area contributed by atoms with E-state index in [-0.39, 0.29) is 66.7 Å². The van der Waals surface area contributed by atoms with Crippen LogP contribution in [0.15, 0.2) is 42.5 Å². The van der Waals surface area contributed by atoms with E-state index in [2.05, 4.69) is 10.6 Å². The number of nitrogen functional groups attached to an aromatic ring is 1. The smallest absolute Gasteiger partial charge is 0.395 e. The Labute approximate surface area is 214 Å². The molecular weight excluding hydrogens is 495 g/mol. The Morgan fingerprint density at radius 2 is 1.94 bits per heavy atom. The van der Waals surface area contributed by atoms with Crippen LogP contribution in [0.5, 0.6) is 5.75 Å². The number of carbonyl (C=O) groups is 2. The molecule has 2 aromatic rings. The SMILES string of the molecule is CC.Nc1cc(Cl)cc(C(CCC2(CCNC=O)CC(=O)NCC2c2ccccc2O)C(F)(F)F)c1. The first kappa shape index (κ1) is 29.3. The summed E-state index contributed by atoms with van der Waals surface area (Å²) >= 11 is 5.98. The zero-order valence-corrected chi connectivity index (χ0v) is 21.1. The highest BCUT2D eigenvalue weighted by Crippen LogP contribution is 2.52. The van der Waals surface area contributed by atoms with E-state index in [4.69, 9.17) is 17.3 Å². The average molecular weight is 528 g/mol. The fourth-order valence-electron chi connectivity index (χ4n) is 4.98. The summed E-state index contributed by atoms with van der Waals surface area (Å²) in [6, 6.07) is 10.5. The molecule has 0 aromatic heterocycles. The number of alkyl halides is 3. The van der Waals surface area contributed by atoms with Crippen molar-refractivity contribution in [2.24, 2.45) is 5.41 Å². The summed E-state index contributed by atoms with van der Waals surface area (Å²) in [5.74, 6) is -2.57. The molecule has 0 radical (unpaired) electrons. The Morgan fingerprint density at radius 3 is 2.56 bits per heavy atom. The molecular formula is C26H33ClF3N3O3. The first-order chi connectivity index (χ1) is 17.1. The monoisotopic (exact) mass is 527 g/mol. The van der Waals surface area contributed by atoms with Crippen LogP contribution in [0.1, 0.15) is 62.5 Å². The third-order valence-corrected chi connectivity index (χ3v) is 6.81. The zero-order chi connectivity index (χ0) is 26.9. The maximum Gasteiger partial charge on any atom is 0.395 e. The van der Waals surface area contributed by atoms with Crippen molar-refractivity contribution >= 4 is 29.6 Å². The lowest BCUT2D eigenvalue weighted by atomic mass is 9.62. The van der Waals surface area contributed by atoms with Crippen LogP contribution in [-0.2, 0) is 9.59 Å². The predicted octanol–water partition coefficient (Wildman–Crippen LogP) is 5.51. The van der Waals surface area contributed by atoms with Crippen molar-refractivity contribution in [1.82, 2.24) is 10.6 Å². The van der Waals surface area contributed by atoms with Gasteiger partial charge < -0.3 is 21.5 Å². The predicted molar refractivity (Wildman–Crippen MR) is 135 cm³/mol. The van der Waals surface area contributed by atoms with Crippen molar-refractivity contribution in [3.05, 3.63) is 58.6 Å². The number of hydrogen-bond acceptors (Lipinski definition) is 4. The van der Waals surface area contributed by atoms with Gasteiger partial charge in [0.25, 0.3) is 0 Å². The first-order valence-corrected chi connectivity index (χ1v) is 12.3. The van der Waals surface area contributed by atoms with Gasteiger partial charge in [0, 0.05) is 36.1 Å². The summed E-state index contributed by atoms with van der Waals surface area (Å²) in [4.78, 5) is 23.3. The van der Waals surface area contributed by atoms with Crippen LogP contribution in [0.3, 0.4) is 0 Å². The average Bonchev–Trinajstić information content (AvgIpc) is 2.80. The van der Waals surface area contributed by atoms with Crippen LogP contribution in [0.25, 0.3) is 0 Å². The van der Waals surface area contributed by atoms with E-state index in [0.29, 0.717) is 12.0 Å². The number of rotatable bonds is 9. The number of benzene rings is 2. The summed E-state index contributed by atoms with van der Waals surface area (Å²) < 4.78 is 42.5. The van der Waals surface area contributed by atoms with E-state index >= 15 is 0 Å². The van der Waals surface area contributed by atoms with Gasteiger partial charge >= 0.3 is 6.18 Å². The van der Waals surface area contributed by atoms with Gasteiger partial charge in [0.1, 0.15) is 5.75 Å². The standard InChI is InChI=1S/C24H27ClF3N3O3.C2H6/c25-16-9-15(10-17(29)11-16)19(24(26,27)28)5-6-23(7-8-30-14-32)12-22(34)31-13-20(23)18-3-1-2-4-21(18)33;1-2/h1-4,9-11,14,19-20,33H,5-8,12-13,29H2,(H,30,32)(H,31,34);1-2H3. The number of nitrogens with one attached hydrogen (secondary N) is 2. The van der Waals surface area contributed by atoms with E-state index in [0.717, 1.165) is 0 Å². The Balaban J connectivity index is 0.00000222. The highest BCUT2D eigenvalue weighted by molar-refractivity contribution is 6.30. The Bertz CT molecular complexity index is 1010. The van der Waals surface area contributed by atoms with E-state index in [1.54, 1.807) is 18.2 Å². The van der Waals surface area contributed by atoms with Gasteiger partial charge in [0.05, 0.1) is 5.92 Å². The van der Waals surface area contributed by atoms with Crippen molar-refractivity contribution in [3.63, 3.8) is 0 Å². The molecule has 36 heavy (non-hydrogen) atoms. The topological polar surface area (TPSA) is 104 Å². The number of phenolic OH excluding ortho intramolecular Hbond substituents is 1. The molecule has 198 valence electrons. The van der Waals surface area contributed by atoms with Crippen LogP contribution >= 0.6 is 11.6 Å². The summed E-state index contributed by atoms with van der Waals surface area (Å²) in [6.45, 7) is 4.35. The quantitative estimate of drug-likeness (QED) is 0.196.